The maximum absolute atomic E-state index is 13.2. The molecule has 1 aromatic carbocycles. The highest BCUT2D eigenvalue weighted by Crippen LogP contribution is 2.31. The molecule has 1 atom stereocenters. The predicted octanol–water partition coefficient (Wildman–Crippen LogP) is 3.87. The summed E-state index contributed by atoms with van der Waals surface area (Å²) < 4.78 is 60.8. The van der Waals surface area contributed by atoms with Crippen molar-refractivity contribution in [1.82, 2.24) is 15.1 Å². The van der Waals surface area contributed by atoms with E-state index in [1.165, 1.54) is 18.3 Å². The molecule has 1 saturated heterocycles. The van der Waals surface area contributed by atoms with E-state index >= 15 is 0 Å². The summed E-state index contributed by atoms with van der Waals surface area (Å²) in [6.45, 7) is 1.48. The van der Waals surface area contributed by atoms with E-state index in [2.05, 4.69) is 19.6 Å². The van der Waals surface area contributed by atoms with Crippen molar-refractivity contribution in [2.75, 3.05) is 24.7 Å². The summed E-state index contributed by atoms with van der Waals surface area (Å²) in [5.74, 6) is -1.31. The molecule has 0 N–H and O–H groups in total. The highest BCUT2D eigenvalue weighted by atomic mass is 19.4. The fourth-order valence-corrected chi connectivity index (χ4v) is 2.98. The smallest absolute Gasteiger partial charge is 0.377 e. The summed E-state index contributed by atoms with van der Waals surface area (Å²) in [6, 6.07) is 9.22. The fourth-order valence-electron chi connectivity index (χ4n) is 2.98. The number of halogens is 4. The Hall–Kier alpha value is -3.01. The van der Waals surface area contributed by atoms with Gasteiger partial charge in [-0.2, -0.15) is 18.2 Å². The van der Waals surface area contributed by atoms with E-state index in [-0.39, 0.29) is 17.7 Å². The maximum Gasteiger partial charge on any atom is 0.471 e. The lowest BCUT2D eigenvalue weighted by atomic mass is 10.0. The number of ether oxygens (including phenoxy) is 1. The Morgan fingerprint density at radius 1 is 1.07 bits per heavy atom. The van der Waals surface area contributed by atoms with Crippen molar-refractivity contribution >= 4 is 5.82 Å². The molecule has 1 unspecified atom stereocenters. The third kappa shape index (κ3) is 3.68. The van der Waals surface area contributed by atoms with Gasteiger partial charge >= 0.3 is 12.1 Å². The first kappa shape index (κ1) is 18.4. The minimum Gasteiger partial charge on any atom is -0.377 e. The van der Waals surface area contributed by atoms with Gasteiger partial charge in [0.1, 0.15) is 11.6 Å². The van der Waals surface area contributed by atoms with Gasteiger partial charge in [-0.1, -0.05) is 17.3 Å². The van der Waals surface area contributed by atoms with E-state index in [0.717, 1.165) is 5.56 Å². The van der Waals surface area contributed by atoms with Crippen LogP contribution in [0.4, 0.5) is 23.4 Å². The third-order valence-corrected chi connectivity index (χ3v) is 4.35. The standard InChI is InChI=1S/C18H14F4N4O2/c19-13-4-1-11(2-5-13)14-10-27-8-7-26(14)15-6-3-12(9-23-15)16-24-17(28-25-16)18(20,21)22/h1-6,9,14H,7-8,10H2. The summed E-state index contributed by atoms with van der Waals surface area (Å²) in [7, 11) is 0. The first-order valence-electron chi connectivity index (χ1n) is 8.39. The van der Waals surface area contributed by atoms with E-state index in [0.29, 0.717) is 31.1 Å². The zero-order valence-corrected chi connectivity index (χ0v) is 14.4. The van der Waals surface area contributed by atoms with Gasteiger partial charge in [-0.05, 0) is 29.8 Å². The molecule has 28 heavy (non-hydrogen) atoms. The second-order valence-electron chi connectivity index (χ2n) is 6.16. The minimum absolute atomic E-state index is 0.158. The topological polar surface area (TPSA) is 64.3 Å². The lowest BCUT2D eigenvalue weighted by Crippen LogP contribution is -2.40. The van der Waals surface area contributed by atoms with Crippen LogP contribution in [-0.2, 0) is 10.9 Å². The highest BCUT2D eigenvalue weighted by Gasteiger charge is 2.38. The number of rotatable bonds is 3. The van der Waals surface area contributed by atoms with Gasteiger partial charge < -0.3 is 14.2 Å². The van der Waals surface area contributed by atoms with E-state index in [9.17, 15) is 17.6 Å². The SMILES string of the molecule is Fc1ccc(C2COCCN2c2ccc(-c3noc(C(F)(F)F)n3)cn2)cc1. The van der Waals surface area contributed by atoms with Crippen LogP contribution in [0.15, 0.2) is 47.1 Å². The molecule has 2 aromatic heterocycles. The molecule has 1 fully saturated rings. The van der Waals surface area contributed by atoms with Gasteiger partial charge in [0.25, 0.3) is 0 Å². The zero-order chi connectivity index (χ0) is 19.7. The zero-order valence-electron chi connectivity index (χ0n) is 14.4. The average Bonchev–Trinajstić information content (AvgIpc) is 3.20. The van der Waals surface area contributed by atoms with Gasteiger partial charge in [0.05, 0.1) is 19.3 Å². The van der Waals surface area contributed by atoms with E-state index in [1.54, 1.807) is 24.3 Å². The van der Waals surface area contributed by atoms with Crippen LogP contribution in [0.1, 0.15) is 17.5 Å². The monoisotopic (exact) mass is 394 g/mol. The van der Waals surface area contributed by atoms with Gasteiger partial charge in [-0.3, -0.25) is 0 Å². The van der Waals surface area contributed by atoms with Gasteiger partial charge in [0, 0.05) is 18.3 Å². The van der Waals surface area contributed by atoms with Crippen molar-refractivity contribution in [2.24, 2.45) is 0 Å². The lowest BCUT2D eigenvalue weighted by molar-refractivity contribution is -0.159. The molecule has 10 heteroatoms. The van der Waals surface area contributed by atoms with Crippen LogP contribution in [-0.4, -0.2) is 34.9 Å². The first-order valence-corrected chi connectivity index (χ1v) is 8.39. The number of benzene rings is 1. The number of hydrogen-bond donors (Lipinski definition) is 0. The van der Waals surface area contributed by atoms with Crippen molar-refractivity contribution < 1.29 is 26.8 Å². The minimum atomic E-state index is -4.70. The van der Waals surface area contributed by atoms with Crippen LogP contribution in [0, 0.1) is 5.82 Å². The number of alkyl halides is 3. The number of anilines is 1. The molecule has 0 spiro atoms. The number of nitrogens with zero attached hydrogens (tertiary/aromatic N) is 4. The molecule has 1 aliphatic rings. The normalized spacial score (nSPS) is 17.7. The molecule has 6 nitrogen and oxygen atoms in total. The van der Waals surface area contributed by atoms with Gasteiger partial charge in [-0.15, -0.1) is 0 Å². The number of morpholine rings is 1. The maximum atomic E-state index is 13.2. The number of pyridine rings is 1. The quantitative estimate of drug-likeness (QED) is 0.629. The largest absolute Gasteiger partial charge is 0.471 e. The number of aromatic nitrogens is 3. The second kappa shape index (κ2) is 7.19. The van der Waals surface area contributed by atoms with Gasteiger partial charge in [-0.25, -0.2) is 9.37 Å². The van der Waals surface area contributed by atoms with Crippen LogP contribution in [0.3, 0.4) is 0 Å². The summed E-state index contributed by atoms with van der Waals surface area (Å²) in [4.78, 5) is 9.69. The Morgan fingerprint density at radius 2 is 1.86 bits per heavy atom. The molecule has 3 heterocycles. The fraction of sp³-hybridized carbons (Fsp3) is 0.278. The molecule has 146 valence electrons. The Labute approximate surface area is 156 Å². The predicted molar refractivity (Wildman–Crippen MR) is 89.8 cm³/mol. The van der Waals surface area contributed by atoms with Crippen LogP contribution in [0.5, 0.6) is 0 Å². The molecule has 0 saturated carbocycles. The van der Waals surface area contributed by atoms with Crippen molar-refractivity contribution in [3.05, 3.63) is 59.9 Å². The molecule has 0 radical (unpaired) electrons. The van der Waals surface area contributed by atoms with Crippen molar-refractivity contribution in [3.63, 3.8) is 0 Å². The average molecular weight is 394 g/mol. The highest BCUT2D eigenvalue weighted by molar-refractivity contribution is 5.56. The molecule has 4 rings (SSSR count). The summed E-state index contributed by atoms with van der Waals surface area (Å²) in [5, 5.41) is 3.35. The van der Waals surface area contributed by atoms with Crippen LogP contribution >= 0.6 is 0 Å². The van der Waals surface area contributed by atoms with E-state index < -0.39 is 12.1 Å². The van der Waals surface area contributed by atoms with Gasteiger partial charge in [0.2, 0.25) is 5.82 Å². The van der Waals surface area contributed by atoms with Crippen LogP contribution < -0.4 is 4.90 Å². The molecule has 0 aliphatic carbocycles. The molecule has 1 aliphatic heterocycles. The van der Waals surface area contributed by atoms with Crippen molar-refractivity contribution in [2.45, 2.75) is 12.2 Å². The van der Waals surface area contributed by atoms with Crippen LogP contribution in [0.2, 0.25) is 0 Å². The summed E-state index contributed by atoms with van der Waals surface area (Å²) >= 11 is 0. The van der Waals surface area contributed by atoms with E-state index in [4.69, 9.17) is 4.74 Å². The molecule has 0 amide bonds. The summed E-state index contributed by atoms with van der Waals surface area (Å²) in [5.41, 5.74) is 1.18. The third-order valence-electron chi connectivity index (χ3n) is 4.35. The Bertz CT molecular complexity index is 941. The lowest BCUT2D eigenvalue weighted by Gasteiger charge is -2.36. The first-order chi connectivity index (χ1) is 13.4. The number of hydrogen-bond acceptors (Lipinski definition) is 6. The molecular weight excluding hydrogens is 380 g/mol. The van der Waals surface area contributed by atoms with E-state index in [1.807, 2.05) is 4.90 Å². The van der Waals surface area contributed by atoms with Crippen molar-refractivity contribution in [1.29, 1.82) is 0 Å². The Morgan fingerprint density at radius 3 is 2.50 bits per heavy atom. The summed E-state index contributed by atoms with van der Waals surface area (Å²) in [6.07, 6.45) is -3.31. The van der Waals surface area contributed by atoms with Gasteiger partial charge in [0.15, 0.2) is 0 Å². The molecular formula is C18H14F4N4O2. The Balaban J connectivity index is 1.58. The van der Waals surface area contributed by atoms with Crippen molar-refractivity contribution in [3.8, 4) is 11.4 Å². The Kier molecular flexibility index (Phi) is 4.71. The van der Waals surface area contributed by atoms with Crippen LogP contribution in [0.25, 0.3) is 11.4 Å². The second-order valence-corrected chi connectivity index (χ2v) is 6.16. The molecule has 3 aromatic rings. The molecule has 0 bridgehead atoms.